The first-order valence-corrected chi connectivity index (χ1v) is 13.9. The highest BCUT2D eigenvalue weighted by molar-refractivity contribution is 6.30. The molecule has 39 heavy (non-hydrogen) atoms. The quantitative estimate of drug-likeness (QED) is 0.457. The summed E-state index contributed by atoms with van der Waals surface area (Å²) in [7, 11) is 0. The van der Waals surface area contributed by atoms with Crippen LogP contribution in [0.3, 0.4) is 0 Å². The van der Waals surface area contributed by atoms with Crippen molar-refractivity contribution in [1.82, 2.24) is 21.3 Å². The molecule has 1 aliphatic carbocycles. The molecule has 208 valence electrons. The van der Waals surface area contributed by atoms with E-state index in [4.69, 9.17) is 16.3 Å². The number of rotatable bonds is 2. The number of hydrogen-bond donors (Lipinski definition) is 4. The first kappa shape index (κ1) is 28.6. The summed E-state index contributed by atoms with van der Waals surface area (Å²) in [5, 5.41) is 12.7. The lowest BCUT2D eigenvalue weighted by molar-refractivity contribution is -0.137. The third-order valence-electron chi connectivity index (χ3n) is 7.27. The fourth-order valence-corrected chi connectivity index (χ4v) is 5.25. The number of carbonyl (C=O) groups excluding carboxylic acids is 3. The average Bonchev–Trinajstić information content (AvgIpc) is 3.39. The van der Waals surface area contributed by atoms with Crippen LogP contribution in [0.25, 0.3) is 6.08 Å². The van der Waals surface area contributed by atoms with Gasteiger partial charge >= 0.3 is 0 Å². The predicted octanol–water partition coefficient (Wildman–Crippen LogP) is 3.39. The lowest BCUT2D eigenvalue weighted by atomic mass is 9.93. The Kier molecular flexibility index (Phi) is 9.30. The summed E-state index contributed by atoms with van der Waals surface area (Å²) < 4.78 is 6.04. The fourth-order valence-electron chi connectivity index (χ4n) is 5.04. The highest BCUT2D eigenvalue weighted by atomic mass is 35.5. The van der Waals surface area contributed by atoms with Gasteiger partial charge in [-0.05, 0) is 50.5 Å². The van der Waals surface area contributed by atoms with Gasteiger partial charge in [-0.1, -0.05) is 66.9 Å². The molecule has 4 rings (SSSR count). The molecule has 1 heterocycles. The summed E-state index contributed by atoms with van der Waals surface area (Å²) >= 11 is 6.16. The number of para-hydroxylation sites is 1. The Labute approximate surface area is 234 Å². The lowest BCUT2D eigenvalue weighted by Gasteiger charge is -2.35. The molecule has 0 saturated heterocycles. The van der Waals surface area contributed by atoms with E-state index in [0.29, 0.717) is 31.0 Å². The van der Waals surface area contributed by atoms with E-state index in [2.05, 4.69) is 21.3 Å². The summed E-state index contributed by atoms with van der Waals surface area (Å²) in [6.45, 7) is 4.43. The Bertz CT molecular complexity index is 1220. The number of carbonyl (C=O) groups is 3. The van der Waals surface area contributed by atoms with Crippen LogP contribution >= 0.6 is 11.6 Å². The van der Waals surface area contributed by atoms with E-state index in [-0.39, 0.29) is 24.8 Å². The van der Waals surface area contributed by atoms with Gasteiger partial charge in [0, 0.05) is 30.1 Å². The molecule has 2 aromatic carbocycles. The molecule has 1 spiro atoms. The van der Waals surface area contributed by atoms with Crippen molar-refractivity contribution in [2.45, 2.75) is 63.1 Å². The summed E-state index contributed by atoms with van der Waals surface area (Å²) in [4.78, 5) is 40.3. The van der Waals surface area contributed by atoms with Gasteiger partial charge in [0.2, 0.25) is 17.7 Å². The number of ether oxygens (including phenoxy) is 1. The maximum atomic E-state index is 13.6. The van der Waals surface area contributed by atoms with Gasteiger partial charge in [0.1, 0.15) is 23.9 Å². The topological polar surface area (TPSA) is 109 Å². The normalized spacial score (nSPS) is 22.8. The third-order valence-corrected chi connectivity index (χ3v) is 7.50. The van der Waals surface area contributed by atoms with Crippen LogP contribution < -0.4 is 26.0 Å². The summed E-state index contributed by atoms with van der Waals surface area (Å²) in [5.74, 6) is -0.282. The van der Waals surface area contributed by atoms with Crippen LogP contribution in [0.1, 0.15) is 50.7 Å². The van der Waals surface area contributed by atoms with Gasteiger partial charge in [-0.15, -0.1) is 0 Å². The number of halogens is 1. The van der Waals surface area contributed by atoms with E-state index in [1.54, 1.807) is 32.0 Å². The van der Waals surface area contributed by atoms with Gasteiger partial charge < -0.3 is 20.7 Å². The van der Waals surface area contributed by atoms with Crippen molar-refractivity contribution in [3.63, 3.8) is 0 Å². The number of fused-ring (bicyclic) bond motifs is 1. The maximum absolute atomic E-state index is 13.6. The fraction of sp³-hybridized carbons (Fsp3) is 0.433. The average molecular weight is 553 g/mol. The largest absolute Gasteiger partial charge is 0.492 e. The number of nitrogens with one attached hydrogen (secondary N) is 4. The van der Waals surface area contributed by atoms with Crippen molar-refractivity contribution in [1.29, 1.82) is 0 Å². The summed E-state index contributed by atoms with van der Waals surface area (Å²) in [6, 6.07) is 14.0. The number of benzene rings is 2. The van der Waals surface area contributed by atoms with Gasteiger partial charge in [-0.3, -0.25) is 19.7 Å². The molecular weight excluding hydrogens is 516 g/mol. The van der Waals surface area contributed by atoms with E-state index in [1.165, 1.54) is 0 Å². The van der Waals surface area contributed by atoms with Crippen LogP contribution in [0.5, 0.6) is 5.75 Å². The molecule has 1 fully saturated rings. The van der Waals surface area contributed by atoms with E-state index >= 15 is 0 Å². The van der Waals surface area contributed by atoms with Crippen LogP contribution in [0, 0.1) is 0 Å². The van der Waals surface area contributed by atoms with Crippen LogP contribution in [0.15, 0.2) is 54.6 Å². The van der Waals surface area contributed by atoms with E-state index in [9.17, 15) is 14.4 Å². The van der Waals surface area contributed by atoms with Crippen molar-refractivity contribution in [3.8, 4) is 5.75 Å². The molecule has 4 N–H and O–H groups in total. The van der Waals surface area contributed by atoms with Crippen molar-refractivity contribution in [2.75, 3.05) is 19.7 Å². The van der Waals surface area contributed by atoms with E-state index in [1.807, 2.05) is 42.5 Å². The Morgan fingerprint density at radius 3 is 2.54 bits per heavy atom. The van der Waals surface area contributed by atoms with Crippen molar-refractivity contribution < 1.29 is 19.1 Å². The molecule has 2 aliphatic rings. The van der Waals surface area contributed by atoms with E-state index in [0.717, 1.165) is 29.7 Å². The second-order valence-electron chi connectivity index (χ2n) is 10.7. The van der Waals surface area contributed by atoms with Gasteiger partial charge in [-0.2, -0.15) is 0 Å². The monoisotopic (exact) mass is 552 g/mol. The molecule has 0 radical (unpaired) electrons. The molecule has 0 aromatic heterocycles. The molecule has 8 nitrogen and oxygen atoms in total. The van der Waals surface area contributed by atoms with Crippen LogP contribution in [-0.4, -0.2) is 54.5 Å². The minimum Gasteiger partial charge on any atom is -0.492 e. The second-order valence-corrected chi connectivity index (χ2v) is 11.1. The Balaban J connectivity index is 1.61. The summed E-state index contributed by atoms with van der Waals surface area (Å²) in [6.07, 6.45) is 7.18. The maximum Gasteiger partial charge on any atom is 0.245 e. The zero-order valence-corrected chi connectivity index (χ0v) is 23.3. The zero-order chi connectivity index (χ0) is 27.9. The Morgan fingerprint density at radius 2 is 1.77 bits per heavy atom. The Hall–Kier alpha value is -3.36. The molecule has 0 unspecified atom stereocenters. The van der Waals surface area contributed by atoms with Gasteiger partial charge in [-0.25, -0.2) is 0 Å². The van der Waals surface area contributed by atoms with Crippen LogP contribution in [0.4, 0.5) is 0 Å². The van der Waals surface area contributed by atoms with Gasteiger partial charge in [0.05, 0.1) is 5.54 Å². The molecular formula is C30H37ClN4O4. The predicted molar refractivity (Wildman–Crippen MR) is 152 cm³/mol. The zero-order valence-electron chi connectivity index (χ0n) is 22.5. The molecule has 1 saturated carbocycles. The van der Waals surface area contributed by atoms with Crippen LogP contribution in [0.2, 0.25) is 5.02 Å². The third kappa shape index (κ3) is 7.40. The first-order chi connectivity index (χ1) is 18.7. The number of amides is 3. The van der Waals surface area contributed by atoms with Crippen molar-refractivity contribution in [2.24, 2.45) is 0 Å². The van der Waals surface area contributed by atoms with Crippen molar-refractivity contribution in [3.05, 3.63) is 70.8 Å². The van der Waals surface area contributed by atoms with Crippen molar-refractivity contribution >= 4 is 35.4 Å². The molecule has 1 aliphatic heterocycles. The number of hydrogen-bond acceptors (Lipinski definition) is 5. The highest BCUT2D eigenvalue weighted by Gasteiger charge is 2.44. The molecule has 0 bridgehead atoms. The van der Waals surface area contributed by atoms with E-state index < -0.39 is 23.0 Å². The standard InChI is InChI=1S/C30H37ClN4O4/c1-29(2)27(37)34-24(20-21-9-7-12-23(31)19-21)26(36)32-16-8-11-22-10-3-4-13-25(22)39-18-17-33-30(28(38)35-29)14-5-6-15-30/h3-4,7-13,19,24,33H,5-6,14-18,20H2,1-2H3,(H,32,36)(H,34,37)(H,35,38)/b11-8-/t24-/m0/s1. The molecule has 2 aromatic rings. The highest BCUT2D eigenvalue weighted by Crippen LogP contribution is 2.30. The molecule has 3 amide bonds. The van der Waals surface area contributed by atoms with Crippen LogP contribution in [-0.2, 0) is 20.8 Å². The second kappa shape index (κ2) is 12.7. The van der Waals surface area contributed by atoms with Gasteiger partial charge in [0.15, 0.2) is 0 Å². The lowest BCUT2D eigenvalue weighted by Crippen LogP contribution is -2.65. The Morgan fingerprint density at radius 1 is 1.00 bits per heavy atom. The van der Waals surface area contributed by atoms with Gasteiger partial charge in [0.25, 0.3) is 0 Å². The summed E-state index contributed by atoms with van der Waals surface area (Å²) in [5.41, 5.74) is -0.333. The minimum atomic E-state index is -1.25. The first-order valence-electron chi connectivity index (χ1n) is 13.5. The minimum absolute atomic E-state index is 0.222. The SMILES string of the molecule is CC1(C)NC(=O)C2(CCCC2)NCCOc2ccccc2/C=C\CNC(=O)[C@H](Cc2cccc(Cl)c2)NC1=O. The molecule has 9 heteroatoms. The molecule has 1 atom stereocenters. The smallest absolute Gasteiger partial charge is 0.245 e.